The summed E-state index contributed by atoms with van der Waals surface area (Å²) in [6.45, 7) is 7.30. The number of aromatic amines is 1. The van der Waals surface area contributed by atoms with Gasteiger partial charge in [0.05, 0.1) is 22.3 Å². The van der Waals surface area contributed by atoms with Crippen LogP contribution < -0.4 is 5.46 Å². The van der Waals surface area contributed by atoms with Crippen molar-refractivity contribution in [3.63, 3.8) is 0 Å². The first-order chi connectivity index (χ1) is 14.2. The quantitative estimate of drug-likeness (QED) is 0.450. The van der Waals surface area contributed by atoms with Gasteiger partial charge in [-0.3, -0.25) is 4.79 Å². The maximum Gasteiger partial charge on any atom is 0.309 e. The molecule has 5 rings (SSSR count). The standard InChI is InChI=1S/C25H24BNO3/c1-24(2,29)25(3,4)30-26-14-9-12-20-19(13-14)17-11-10-16-15-7-5-6-8-18(15)23(28)21(16)22(17)27-20/h5-13,26-27,29H,1-4H3. The third-order valence-corrected chi connectivity index (χ3v) is 6.60. The number of H-pyrrole nitrogens is 1. The average Bonchev–Trinajstić information content (AvgIpc) is 3.21. The molecule has 0 amide bonds. The molecule has 0 spiro atoms. The van der Waals surface area contributed by atoms with E-state index in [0.29, 0.717) is 7.48 Å². The van der Waals surface area contributed by atoms with Crippen LogP contribution in [-0.4, -0.2) is 34.6 Å². The summed E-state index contributed by atoms with van der Waals surface area (Å²) in [4.78, 5) is 16.6. The summed E-state index contributed by atoms with van der Waals surface area (Å²) in [6.07, 6.45) is 0. The molecule has 0 atom stereocenters. The van der Waals surface area contributed by atoms with E-state index in [1.54, 1.807) is 13.8 Å². The highest BCUT2D eigenvalue weighted by Crippen LogP contribution is 2.41. The number of carbonyl (C=O) groups is 1. The van der Waals surface area contributed by atoms with Crippen molar-refractivity contribution in [2.45, 2.75) is 38.9 Å². The molecule has 0 radical (unpaired) electrons. The lowest BCUT2D eigenvalue weighted by molar-refractivity contribution is -0.0893. The minimum absolute atomic E-state index is 0.0771. The van der Waals surface area contributed by atoms with Crippen LogP contribution in [0.15, 0.2) is 54.6 Å². The number of hydrogen-bond acceptors (Lipinski definition) is 3. The summed E-state index contributed by atoms with van der Waals surface area (Å²) >= 11 is 0. The molecule has 0 saturated heterocycles. The third kappa shape index (κ3) is 2.73. The first-order valence-corrected chi connectivity index (χ1v) is 10.3. The van der Waals surface area contributed by atoms with Crippen molar-refractivity contribution >= 4 is 40.5 Å². The Balaban J connectivity index is 1.58. The van der Waals surface area contributed by atoms with E-state index in [9.17, 15) is 9.90 Å². The Morgan fingerprint density at radius 2 is 1.63 bits per heavy atom. The van der Waals surface area contributed by atoms with Gasteiger partial charge in [0, 0.05) is 21.9 Å². The Morgan fingerprint density at radius 1 is 0.900 bits per heavy atom. The van der Waals surface area contributed by atoms with Crippen LogP contribution in [0.3, 0.4) is 0 Å². The average molecular weight is 397 g/mol. The second kappa shape index (κ2) is 6.30. The zero-order valence-electron chi connectivity index (χ0n) is 17.7. The zero-order valence-corrected chi connectivity index (χ0v) is 17.7. The Kier molecular flexibility index (Phi) is 4.01. The van der Waals surface area contributed by atoms with Gasteiger partial charge in [-0.15, -0.1) is 0 Å². The monoisotopic (exact) mass is 397 g/mol. The summed E-state index contributed by atoms with van der Waals surface area (Å²) in [5.41, 5.74) is 4.79. The molecular formula is C25H24BNO3. The van der Waals surface area contributed by atoms with E-state index in [-0.39, 0.29) is 5.78 Å². The fourth-order valence-corrected chi connectivity index (χ4v) is 4.06. The third-order valence-electron chi connectivity index (χ3n) is 6.60. The van der Waals surface area contributed by atoms with Crippen LogP contribution in [0.4, 0.5) is 0 Å². The smallest absolute Gasteiger partial charge is 0.309 e. The molecule has 0 aliphatic heterocycles. The van der Waals surface area contributed by atoms with E-state index in [0.717, 1.165) is 49.5 Å². The maximum atomic E-state index is 13.1. The summed E-state index contributed by atoms with van der Waals surface area (Å²) in [6, 6.07) is 18.1. The van der Waals surface area contributed by atoms with Crippen LogP contribution in [0, 0.1) is 0 Å². The van der Waals surface area contributed by atoms with Gasteiger partial charge in [0.1, 0.15) is 0 Å². The first-order valence-electron chi connectivity index (χ1n) is 10.3. The van der Waals surface area contributed by atoms with Gasteiger partial charge in [0.25, 0.3) is 0 Å². The molecule has 5 heteroatoms. The number of rotatable bonds is 4. The minimum atomic E-state index is -0.951. The van der Waals surface area contributed by atoms with Crippen LogP contribution in [0.25, 0.3) is 32.9 Å². The number of carbonyl (C=O) groups excluding carboxylic acids is 1. The van der Waals surface area contributed by atoms with Crippen molar-refractivity contribution in [1.29, 1.82) is 0 Å². The first kappa shape index (κ1) is 19.1. The Hall–Kier alpha value is -2.89. The molecule has 1 aromatic heterocycles. The number of hydrogen-bond donors (Lipinski definition) is 2. The number of ketones is 1. The fourth-order valence-electron chi connectivity index (χ4n) is 4.06. The number of fused-ring (bicyclic) bond motifs is 7. The molecule has 1 aliphatic rings. The van der Waals surface area contributed by atoms with E-state index < -0.39 is 11.2 Å². The molecule has 150 valence electrons. The van der Waals surface area contributed by atoms with Crippen molar-refractivity contribution < 1.29 is 14.6 Å². The van der Waals surface area contributed by atoms with Gasteiger partial charge in [-0.1, -0.05) is 54.0 Å². The highest BCUT2D eigenvalue weighted by Gasteiger charge is 2.35. The fraction of sp³-hybridized carbons (Fsp3) is 0.240. The van der Waals surface area contributed by atoms with Gasteiger partial charge in [-0.05, 0) is 44.9 Å². The van der Waals surface area contributed by atoms with Crippen molar-refractivity contribution in [3.05, 3.63) is 65.7 Å². The Morgan fingerprint density at radius 3 is 2.37 bits per heavy atom. The highest BCUT2D eigenvalue weighted by atomic mass is 16.5. The van der Waals surface area contributed by atoms with Crippen LogP contribution in [0.2, 0.25) is 0 Å². The van der Waals surface area contributed by atoms with E-state index in [2.05, 4.69) is 23.2 Å². The SMILES string of the molecule is CC(C)(O)C(C)(C)OBc1ccc2[nH]c3c4c(ccc3c2c1)-c1ccccc1C4=O. The molecule has 30 heavy (non-hydrogen) atoms. The zero-order chi connectivity index (χ0) is 21.3. The number of aliphatic hydroxyl groups is 1. The number of aromatic nitrogens is 1. The van der Waals surface area contributed by atoms with E-state index >= 15 is 0 Å². The van der Waals surface area contributed by atoms with Crippen LogP contribution in [0.5, 0.6) is 0 Å². The summed E-state index contributed by atoms with van der Waals surface area (Å²) in [7, 11) is 0.398. The largest absolute Gasteiger partial charge is 0.427 e. The molecule has 0 fully saturated rings. The topological polar surface area (TPSA) is 62.3 Å². The maximum absolute atomic E-state index is 13.1. The second-order valence-electron chi connectivity index (χ2n) is 9.15. The predicted octanol–water partition coefficient (Wildman–Crippen LogP) is 4.08. The van der Waals surface area contributed by atoms with Crippen LogP contribution in [0.1, 0.15) is 43.6 Å². The molecule has 0 saturated carbocycles. The Labute approximate surface area is 176 Å². The molecule has 4 nitrogen and oxygen atoms in total. The normalized spacial score (nSPS) is 13.7. The van der Waals surface area contributed by atoms with Crippen molar-refractivity contribution in [2.24, 2.45) is 0 Å². The van der Waals surface area contributed by atoms with Gasteiger partial charge in [0.2, 0.25) is 0 Å². The summed E-state index contributed by atoms with van der Waals surface area (Å²) in [5.74, 6) is 0.0771. The van der Waals surface area contributed by atoms with Gasteiger partial charge < -0.3 is 14.7 Å². The van der Waals surface area contributed by atoms with Gasteiger partial charge >= 0.3 is 7.48 Å². The summed E-state index contributed by atoms with van der Waals surface area (Å²) in [5, 5.41) is 12.4. The predicted molar refractivity (Wildman–Crippen MR) is 123 cm³/mol. The molecule has 1 aliphatic carbocycles. The lowest BCUT2D eigenvalue weighted by Crippen LogP contribution is -2.49. The molecule has 1 heterocycles. The lowest BCUT2D eigenvalue weighted by Gasteiger charge is -2.37. The van der Waals surface area contributed by atoms with E-state index in [4.69, 9.17) is 4.65 Å². The molecule has 0 unspecified atom stereocenters. The molecule has 3 aromatic carbocycles. The molecule has 0 bridgehead atoms. The van der Waals surface area contributed by atoms with Crippen molar-refractivity contribution in [2.75, 3.05) is 0 Å². The molecule has 4 aromatic rings. The second-order valence-corrected chi connectivity index (χ2v) is 9.15. The van der Waals surface area contributed by atoms with Crippen LogP contribution in [-0.2, 0) is 4.65 Å². The van der Waals surface area contributed by atoms with Crippen molar-refractivity contribution in [3.8, 4) is 11.1 Å². The molecular weight excluding hydrogens is 373 g/mol. The number of nitrogens with one attached hydrogen (secondary N) is 1. The van der Waals surface area contributed by atoms with Crippen LogP contribution >= 0.6 is 0 Å². The van der Waals surface area contributed by atoms with Gasteiger partial charge in [-0.2, -0.15) is 0 Å². The van der Waals surface area contributed by atoms with Gasteiger partial charge in [0.15, 0.2) is 5.78 Å². The van der Waals surface area contributed by atoms with Gasteiger partial charge in [-0.25, -0.2) is 0 Å². The summed E-state index contributed by atoms with van der Waals surface area (Å²) < 4.78 is 6.04. The van der Waals surface area contributed by atoms with E-state index in [1.807, 2.05) is 50.2 Å². The Bertz CT molecular complexity index is 1330. The van der Waals surface area contributed by atoms with E-state index in [1.165, 1.54) is 0 Å². The minimum Gasteiger partial charge on any atom is -0.427 e. The highest BCUT2D eigenvalue weighted by molar-refractivity contribution is 6.47. The lowest BCUT2D eigenvalue weighted by atomic mass is 9.82. The van der Waals surface area contributed by atoms with Crippen molar-refractivity contribution in [1.82, 2.24) is 4.98 Å². The number of benzene rings is 3. The molecule has 2 N–H and O–H groups in total.